The van der Waals surface area contributed by atoms with Gasteiger partial charge in [0, 0.05) is 48.6 Å². The van der Waals surface area contributed by atoms with Crippen molar-refractivity contribution in [2.75, 3.05) is 13.1 Å². The van der Waals surface area contributed by atoms with E-state index in [4.69, 9.17) is 5.11 Å². The van der Waals surface area contributed by atoms with Crippen LogP contribution in [-0.4, -0.2) is 40.0 Å². The molecule has 2 heterocycles. The van der Waals surface area contributed by atoms with Crippen molar-refractivity contribution < 1.29 is 19.1 Å². The van der Waals surface area contributed by atoms with Gasteiger partial charge >= 0.3 is 5.97 Å². The zero-order chi connectivity index (χ0) is 17.8. The molecule has 2 aromatic rings. The van der Waals surface area contributed by atoms with Gasteiger partial charge in [0.1, 0.15) is 5.82 Å². The molecule has 0 bridgehead atoms. The van der Waals surface area contributed by atoms with Gasteiger partial charge in [-0.1, -0.05) is 6.08 Å². The van der Waals surface area contributed by atoms with Crippen LogP contribution >= 0.6 is 0 Å². The lowest BCUT2D eigenvalue weighted by atomic mass is 9.98. The van der Waals surface area contributed by atoms with E-state index < -0.39 is 5.97 Å². The summed E-state index contributed by atoms with van der Waals surface area (Å²) in [7, 11) is 0. The van der Waals surface area contributed by atoms with Gasteiger partial charge in [-0.25, -0.2) is 4.39 Å². The molecule has 2 N–H and O–H groups in total. The number of halogens is 1. The predicted octanol–water partition coefficient (Wildman–Crippen LogP) is 3.57. The van der Waals surface area contributed by atoms with Crippen LogP contribution in [0.4, 0.5) is 4.39 Å². The van der Waals surface area contributed by atoms with Crippen LogP contribution < -0.4 is 0 Å². The number of aliphatic carboxylic acids is 1. The average Bonchev–Trinajstić information content (AvgIpc) is 3.01. The number of hydrogen-bond acceptors (Lipinski definition) is 2. The Morgan fingerprint density at radius 1 is 1.24 bits per heavy atom. The number of benzene rings is 1. The highest BCUT2D eigenvalue weighted by Gasteiger charge is 2.19. The number of carbonyl (C=O) groups excluding carboxylic acids is 1. The number of aromatic amines is 1. The van der Waals surface area contributed by atoms with Crippen molar-refractivity contribution in [1.29, 1.82) is 0 Å². The van der Waals surface area contributed by atoms with Crippen LogP contribution in [0.25, 0.3) is 16.5 Å². The van der Waals surface area contributed by atoms with Crippen molar-refractivity contribution in [2.45, 2.75) is 32.1 Å². The highest BCUT2D eigenvalue weighted by molar-refractivity contribution is 5.93. The van der Waals surface area contributed by atoms with E-state index >= 15 is 0 Å². The smallest absolute Gasteiger partial charge is 0.303 e. The Kier molecular flexibility index (Phi) is 5.16. The number of fused-ring (bicyclic) bond motifs is 1. The topological polar surface area (TPSA) is 73.4 Å². The van der Waals surface area contributed by atoms with Gasteiger partial charge < -0.3 is 15.0 Å². The van der Waals surface area contributed by atoms with E-state index in [1.54, 1.807) is 11.0 Å². The maximum absolute atomic E-state index is 13.3. The summed E-state index contributed by atoms with van der Waals surface area (Å²) in [5.74, 6) is -1.02. The molecule has 0 aliphatic carbocycles. The van der Waals surface area contributed by atoms with E-state index in [1.807, 2.05) is 12.3 Å². The van der Waals surface area contributed by atoms with Gasteiger partial charge in [0.25, 0.3) is 0 Å². The van der Waals surface area contributed by atoms with Crippen LogP contribution in [0.15, 0.2) is 30.5 Å². The number of unbranched alkanes of at least 4 members (excludes halogenated alkanes) is 1. The second kappa shape index (κ2) is 7.51. The molecule has 0 unspecified atom stereocenters. The summed E-state index contributed by atoms with van der Waals surface area (Å²) in [6.07, 6.45) is 6.32. The maximum Gasteiger partial charge on any atom is 0.303 e. The fourth-order valence-electron chi connectivity index (χ4n) is 3.21. The largest absolute Gasteiger partial charge is 0.481 e. The van der Waals surface area contributed by atoms with Gasteiger partial charge in [0.2, 0.25) is 5.91 Å². The molecular formula is C19H21FN2O3. The second-order valence-electron chi connectivity index (χ2n) is 6.31. The van der Waals surface area contributed by atoms with Crippen LogP contribution in [0, 0.1) is 5.82 Å². The van der Waals surface area contributed by atoms with Crippen LogP contribution in [0.1, 0.15) is 37.7 Å². The Bertz CT molecular complexity index is 825. The third kappa shape index (κ3) is 4.07. The molecule has 1 aromatic heterocycles. The average molecular weight is 344 g/mol. The summed E-state index contributed by atoms with van der Waals surface area (Å²) in [4.78, 5) is 27.6. The molecule has 1 aromatic carbocycles. The van der Waals surface area contributed by atoms with Crippen LogP contribution in [-0.2, 0) is 9.59 Å². The third-order valence-corrected chi connectivity index (χ3v) is 4.58. The summed E-state index contributed by atoms with van der Waals surface area (Å²) in [6.45, 7) is 1.21. The number of rotatable bonds is 6. The highest BCUT2D eigenvalue weighted by atomic mass is 19.1. The summed E-state index contributed by atoms with van der Waals surface area (Å²) in [6, 6.07) is 4.71. The lowest BCUT2D eigenvalue weighted by molar-refractivity contribution is -0.137. The Hall–Kier alpha value is -2.63. The zero-order valence-electron chi connectivity index (χ0n) is 13.9. The van der Waals surface area contributed by atoms with Crippen LogP contribution in [0.3, 0.4) is 0 Å². The minimum atomic E-state index is -0.823. The number of carboxylic acid groups (broad SMARTS) is 1. The third-order valence-electron chi connectivity index (χ3n) is 4.58. The first-order chi connectivity index (χ1) is 12.0. The number of carboxylic acids is 1. The van der Waals surface area contributed by atoms with Gasteiger partial charge in [-0.2, -0.15) is 0 Å². The summed E-state index contributed by atoms with van der Waals surface area (Å²) in [5, 5.41) is 9.60. The van der Waals surface area contributed by atoms with E-state index in [-0.39, 0.29) is 18.1 Å². The fraction of sp³-hybridized carbons (Fsp3) is 0.368. The molecule has 5 nitrogen and oxygen atoms in total. The minimum absolute atomic E-state index is 0.0710. The maximum atomic E-state index is 13.3. The van der Waals surface area contributed by atoms with Gasteiger partial charge in [-0.15, -0.1) is 0 Å². The first-order valence-electron chi connectivity index (χ1n) is 8.50. The number of carbonyl (C=O) groups is 2. The van der Waals surface area contributed by atoms with Crippen molar-refractivity contribution in [3.05, 3.63) is 41.9 Å². The monoisotopic (exact) mass is 344 g/mol. The van der Waals surface area contributed by atoms with Gasteiger partial charge in [-0.3, -0.25) is 9.59 Å². The SMILES string of the molecule is O=C(O)CCCCC(=O)N1CC=C(c2c[nH]c3cc(F)ccc23)CC1. The number of nitrogens with one attached hydrogen (secondary N) is 1. The first kappa shape index (κ1) is 17.2. The van der Waals surface area contributed by atoms with Crippen molar-refractivity contribution in [3.8, 4) is 0 Å². The van der Waals surface area contributed by atoms with E-state index in [1.165, 1.54) is 12.1 Å². The van der Waals surface area contributed by atoms with E-state index in [0.29, 0.717) is 32.4 Å². The quantitative estimate of drug-likeness (QED) is 0.787. The lowest BCUT2D eigenvalue weighted by Crippen LogP contribution is -2.34. The molecule has 1 amide bonds. The summed E-state index contributed by atoms with van der Waals surface area (Å²) >= 11 is 0. The number of nitrogens with zero attached hydrogens (tertiary/aromatic N) is 1. The number of amides is 1. The van der Waals surface area contributed by atoms with Gasteiger partial charge in [0.05, 0.1) is 0 Å². The molecule has 0 spiro atoms. The molecular weight excluding hydrogens is 323 g/mol. The molecule has 0 radical (unpaired) electrons. The Labute approximate surface area is 145 Å². The Morgan fingerprint density at radius 3 is 2.76 bits per heavy atom. The molecule has 1 aliphatic rings. The van der Waals surface area contributed by atoms with Crippen molar-refractivity contribution >= 4 is 28.4 Å². The zero-order valence-corrected chi connectivity index (χ0v) is 13.9. The standard InChI is InChI=1S/C19H21FN2O3/c20-14-5-6-15-16(12-21-17(15)11-14)13-7-9-22(10-8-13)18(23)3-1-2-4-19(24)25/h5-7,11-12,21H,1-4,8-10H2,(H,24,25). The molecule has 6 heteroatoms. The van der Waals surface area contributed by atoms with E-state index in [0.717, 1.165) is 28.5 Å². The molecule has 0 saturated carbocycles. The van der Waals surface area contributed by atoms with E-state index in [9.17, 15) is 14.0 Å². The molecule has 25 heavy (non-hydrogen) atoms. The van der Waals surface area contributed by atoms with Crippen molar-refractivity contribution in [3.63, 3.8) is 0 Å². The van der Waals surface area contributed by atoms with Crippen molar-refractivity contribution in [2.24, 2.45) is 0 Å². The second-order valence-corrected chi connectivity index (χ2v) is 6.31. The first-order valence-corrected chi connectivity index (χ1v) is 8.50. The summed E-state index contributed by atoms with van der Waals surface area (Å²) < 4.78 is 13.3. The van der Waals surface area contributed by atoms with Crippen LogP contribution in [0.5, 0.6) is 0 Å². The molecule has 1 aliphatic heterocycles. The number of aromatic nitrogens is 1. The highest BCUT2D eigenvalue weighted by Crippen LogP contribution is 2.29. The molecule has 0 saturated heterocycles. The number of H-pyrrole nitrogens is 1. The summed E-state index contributed by atoms with van der Waals surface area (Å²) in [5.41, 5.74) is 2.99. The minimum Gasteiger partial charge on any atom is -0.481 e. The van der Waals surface area contributed by atoms with Gasteiger partial charge in [-0.05, 0) is 43.0 Å². The fourth-order valence-corrected chi connectivity index (χ4v) is 3.21. The molecule has 0 fully saturated rings. The predicted molar refractivity (Wildman–Crippen MR) is 93.5 cm³/mol. The molecule has 0 atom stereocenters. The molecule has 132 valence electrons. The Balaban J connectivity index is 1.60. The van der Waals surface area contributed by atoms with Crippen LogP contribution in [0.2, 0.25) is 0 Å². The number of hydrogen-bond donors (Lipinski definition) is 2. The molecule has 3 rings (SSSR count). The van der Waals surface area contributed by atoms with E-state index in [2.05, 4.69) is 4.98 Å². The normalized spacial score (nSPS) is 14.6. The Morgan fingerprint density at radius 2 is 2.04 bits per heavy atom. The van der Waals surface area contributed by atoms with Crippen molar-refractivity contribution in [1.82, 2.24) is 9.88 Å². The lowest BCUT2D eigenvalue weighted by Gasteiger charge is -2.26. The van der Waals surface area contributed by atoms with Gasteiger partial charge in [0.15, 0.2) is 0 Å².